The van der Waals surface area contributed by atoms with Crippen LogP contribution in [0.3, 0.4) is 0 Å². The third-order valence-corrected chi connectivity index (χ3v) is 2.74. The second-order valence-corrected chi connectivity index (χ2v) is 4.08. The smallest absolute Gasteiger partial charge is 0.261 e. The van der Waals surface area contributed by atoms with E-state index in [0.717, 1.165) is 11.3 Å². The average Bonchev–Trinajstić information content (AvgIpc) is 2.50. The number of aromatic nitrogens is 1. The fourth-order valence-electron chi connectivity index (χ4n) is 1.84. The van der Waals surface area contributed by atoms with Crippen LogP contribution in [0.2, 0.25) is 0 Å². The molecule has 2 heterocycles. The van der Waals surface area contributed by atoms with E-state index in [-0.39, 0.29) is 13.0 Å². The fraction of sp³-hybridized carbons (Fsp3) is 0.545. The molecule has 4 heteroatoms. The number of pyridine rings is 1. The van der Waals surface area contributed by atoms with E-state index in [0.29, 0.717) is 13.1 Å². The van der Waals surface area contributed by atoms with Gasteiger partial charge in [0.15, 0.2) is 0 Å². The maximum Gasteiger partial charge on any atom is 0.261 e. The first-order valence-electron chi connectivity index (χ1n) is 5.07. The van der Waals surface area contributed by atoms with Crippen molar-refractivity contribution in [3.05, 3.63) is 29.6 Å². The zero-order valence-electron chi connectivity index (χ0n) is 8.71. The lowest BCUT2D eigenvalue weighted by molar-refractivity contribution is 0.0114. The number of nitrogens with zero attached hydrogens (tertiary/aromatic N) is 2. The van der Waals surface area contributed by atoms with Crippen molar-refractivity contribution < 1.29 is 8.78 Å². The first-order valence-corrected chi connectivity index (χ1v) is 5.07. The molecule has 0 spiro atoms. The van der Waals surface area contributed by atoms with Crippen LogP contribution in [0.4, 0.5) is 8.78 Å². The second-order valence-electron chi connectivity index (χ2n) is 4.08. The van der Waals surface area contributed by atoms with E-state index in [1.807, 2.05) is 19.1 Å². The topological polar surface area (TPSA) is 16.1 Å². The van der Waals surface area contributed by atoms with Crippen LogP contribution < -0.4 is 0 Å². The molecular formula is C11H14F2N2. The number of aryl methyl sites for hydroxylation is 1. The summed E-state index contributed by atoms with van der Waals surface area (Å²) in [5, 5.41) is 0. The summed E-state index contributed by atoms with van der Waals surface area (Å²) >= 11 is 0. The number of alkyl halides is 2. The van der Waals surface area contributed by atoms with Crippen molar-refractivity contribution in [3.63, 3.8) is 0 Å². The number of halogens is 2. The highest BCUT2D eigenvalue weighted by Crippen LogP contribution is 2.27. The highest BCUT2D eigenvalue weighted by Gasteiger charge is 2.38. The molecule has 0 bridgehead atoms. The van der Waals surface area contributed by atoms with E-state index in [4.69, 9.17) is 0 Å². The molecule has 0 unspecified atom stereocenters. The van der Waals surface area contributed by atoms with Gasteiger partial charge in [0, 0.05) is 25.7 Å². The molecule has 1 aliphatic rings. The summed E-state index contributed by atoms with van der Waals surface area (Å²) in [6, 6.07) is 3.81. The monoisotopic (exact) mass is 212 g/mol. The largest absolute Gasteiger partial charge is 0.291 e. The van der Waals surface area contributed by atoms with Crippen molar-refractivity contribution in [3.8, 4) is 0 Å². The molecule has 0 N–H and O–H groups in total. The van der Waals surface area contributed by atoms with E-state index in [9.17, 15) is 8.78 Å². The maximum absolute atomic E-state index is 12.9. The summed E-state index contributed by atoms with van der Waals surface area (Å²) in [5.41, 5.74) is 1.96. The Hall–Kier alpha value is -1.03. The minimum atomic E-state index is -2.51. The van der Waals surface area contributed by atoms with Gasteiger partial charge in [0.2, 0.25) is 0 Å². The molecule has 0 saturated carbocycles. The van der Waals surface area contributed by atoms with Gasteiger partial charge in [-0.15, -0.1) is 0 Å². The molecule has 0 aromatic carbocycles. The first-order chi connectivity index (χ1) is 7.07. The maximum atomic E-state index is 12.9. The molecule has 15 heavy (non-hydrogen) atoms. The summed E-state index contributed by atoms with van der Waals surface area (Å²) < 4.78 is 25.9. The van der Waals surface area contributed by atoms with Gasteiger partial charge in [0.25, 0.3) is 5.92 Å². The Morgan fingerprint density at radius 3 is 2.93 bits per heavy atom. The summed E-state index contributed by atoms with van der Waals surface area (Å²) in [6.07, 6.45) is 1.68. The third kappa shape index (κ3) is 2.50. The summed E-state index contributed by atoms with van der Waals surface area (Å²) in [7, 11) is 0. The summed E-state index contributed by atoms with van der Waals surface area (Å²) in [5.74, 6) is -2.51. The van der Waals surface area contributed by atoms with Crippen LogP contribution in [-0.2, 0) is 6.54 Å². The van der Waals surface area contributed by atoms with Gasteiger partial charge in [-0.05, 0) is 18.6 Å². The van der Waals surface area contributed by atoms with Crippen LogP contribution in [0.25, 0.3) is 0 Å². The van der Waals surface area contributed by atoms with Crippen molar-refractivity contribution in [2.45, 2.75) is 25.8 Å². The minimum Gasteiger partial charge on any atom is -0.291 e. The lowest BCUT2D eigenvalue weighted by atomic mass is 10.2. The molecule has 0 amide bonds. The summed E-state index contributed by atoms with van der Waals surface area (Å²) in [6.45, 7) is 2.81. The predicted molar refractivity (Wildman–Crippen MR) is 53.8 cm³/mol. The molecule has 0 radical (unpaired) electrons. The van der Waals surface area contributed by atoms with Gasteiger partial charge >= 0.3 is 0 Å². The molecule has 1 fully saturated rings. The van der Waals surface area contributed by atoms with Gasteiger partial charge in [-0.2, -0.15) is 0 Å². The van der Waals surface area contributed by atoms with Gasteiger partial charge in [-0.25, -0.2) is 8.78 Å². The molecular weight excluding hydrogens is 198 g/mol. The molecule has 2 rings (SSSR count). The first kappa shape index (κ1) is 10.5. The quantitative estimate of drug-likeness (QED) is 0.747. The van der Waals surface area contributed by atoms with Crippen LogP contribution in [0.1, 0.15) is 17.7 Å². The van der Waals surface area contributed by atoms with Crippen molar-refractivity contribution in [2.24, 2.45) is 0 Å². The zero-order valence-corrected chi connectivity index (χ0v) is 8.71. The van der Waals surface area contributed by atoms with Gasteiger partial charge in [-0.3, -0.25) is 9.88 Å². The Labute approximate surface area is 87.9 Å². The minimum absolute atomic E-state index is 0.0289. The number of likely N-dealkylation sites (tertiary alicyclic amines) is 1. The van der Waals surface area contributed by atoms with Crippen molar-refractivity contribution in [1.29, 1.82) is 0 Å². The predicted octanol–water partition coefficient (Wildman–Crippen LogP) is 2.23. The van der Waals surface area contributed by atoms with E-state index >= 15 is 0 Å². The average molecular weight is 212 g/mol. The fourth-order valence-corrected chi connectivity index (χ4v) is 1.84. The molecule has 1 saturated heterocycles. The van der Waals surface area contributed by atoms with Crippen molar-refractivity contribution in [2.75, 3.05) is 13.1 Å². The highest BCUT2D eigenvalue weighted by atomic mass is 19.3. The zero-order chi connectivity index (χ0) is 10.9. The Morgan fingerprint density at radius 2 is 2.33 bits per heavy atom. The molecule has 1 aliphatic heterocycles. The molecule has 2 nitrogen and oxygen atoms in total. The van der Waals surface area contributed by atoms with Crippen molar-refractivity contribution in [1.82, 2.24) is 9.88 Å². The Bertz CT molecular complexity index is 352. The number of rotatable bonds is 2. The lowest BCUT2D eigenvalue weighted by Crippen LogP contribution is -2.25. The van der Waals surface area contributed by atoms with Crippen LogP contribution in [0.15, 0.2) is 18.3 Å². The van der Waals surface area contributed by atoms with Gasteiger partial charge in [-0.1, -0.05) is 6.07 Å². The standard InChI is InChI=1S/C11H14F2N2/c1-9-3-2-5-14-10(9)7-15-6-4-11(12,13)8-15/h2-3,5H,4,6-8H2,1H3. The van der Waals surface area contributed by atoms with Crippen LogP contribution in [0, 0.1) is 6.92 Å². The van der Waals surface area contributed by atoms with E-state index in [1.165, 1.54) is 0 Å². The molecule has 0 atom stereocenters. The Morgan fingerprint density at radius 1 is 1.53 bits per heavy atom. The number of hydrogen-bond donors (Lipinski definition) is 0. The normalized spacial score (nSPS) is 20.7. The molecule has 1 aromatic rings. The van der Waals surface area contributed by atoms with Gasteiger partial charge < -0.3 is 0 Å². The molecule has 82 valence electrons. The molecule has 1 aromatic heterocycles. The molecule has 0 aliphatic carbocycles. The van der Waals surface area contributed by atoms with Crippen LogP contribution in [0.5, 0.6) is 0 Å². The van der Waals surface area contributed by atoms with Gasteiger partial charge in [0.1, 0.15) is 0 Å². The summed E-state index contributed by atoms with van der Waals surface area (Å²) in [4.78, 5) is 5.96. The third-order valence-electron chi connectivity index (χ3n) is 2.74. The van der Waals surface area contributed by atoms with E-state index in [2.05, 4.69) is 4.98 Å². The Balaban J connectivity index is 2.02. The van der Waals surface area contributed by atoms with Crippen LogP contribution in [-0.4, -0.2) is 28.9 Å². The SMILES string of the molecule is Cc1cccnc1CN1CCC(F)(F)C1. The number of hydrogen-bond acceptors (Lipinski definition) is 2. The van der Waals surface area contributed by atoms with Crippen molar-refractivity contribution >= 4 is 0 Å². The van der Waals surface area contributed by atoms with Gasteiger partial charge in [0.05, 0.1) is 12.2 Å². The van der Waals surface area contributed by atoms with E-state index in [1.54, 1.807) is 11.1 Å². The lowest BCUT2D eigenvalue weighted by Gasteiger charge is -2.15. The van der Waals surface area contributed by atoms with Crippen LogP contribution >= 0.6 is 0 Å². The second kappa shape index (κ2) is 3.85. The Kier molecular flexibility index (Phi) is 2.69. The highest BCUT2D eigenvalue weighted by molar-refractivity contribution is 5.17. The van der Waals surface area contributed by atoms with E-state index < -0.39 is 5.92 Å².